The smallest absolute Gasteiger partial charge is 0.227 e. The number of aromatic nitrogens is 3. The zero-order valence-corrected chi connectivity index (χ0v) is 14.6. The largest absolute Gasteiger partial charge is 0.376 e. The quantitative estimate of drug-likeness (QED) is 0.865. The van der Waals surface area contributed by atoms with Gasteiger partial charge in [0.2, 0.25) is 5.95 Å². The molecule has 3 atom stereocenters. The van der Waals surface area contributed by atoms with E-state index in [1.54, 1.807) is 0 Å². The van der Waals surface area contributed by atoms with Gasteiger partial charge in [-0.25, -0.2) is 0 Å². The fourth-order valence-electron chi connectivity index (χ4n) is 3.78. The number of hydrogen-bond donors (Lipinski definition) is 0. The third kappa shape index (κ3) is 2.93. The van der Waals surface area contributed by atoms with Gasteiger partial charge in [-0.3, -0.25) is 4.57 Å². The second kappa shape index (κ2) is 6.55. The fourth-order valence-corrected chi connectivity index (χ4v) is 3.78. The minimum Gasteiger partial charge on any atom is -0.376 e. The van der Waals surface area contributed by atoms with Crippen LogP contribution in [0, 0.1) is 11.8 Å². The van der Waals surface area contributed by atoms with Crippen LogP contribution < -0.4 is 4.90 Å². The third-order valence-corrected chi connectivity index (χ3v) is 5.44. The molecule has 24 heavy (non-hydrogen) atoms. The van der Waals surface area contributed by atoms with Gasteiger partial charge in [-0.2, -0.15) is 0 Å². The number of ether oxygens (including phenoxy) is 1. The maximum absolute atomic E-state index is 5.88. The van der Waals surface area contributed by atoms with Crippen LogP contribution in [-0.4, -0.2) is 40.6 Å². The first kappa shape index (κ1) is 15.6. The van der Waals surface area contributed by atoms with E-state index in [1.165, 1.54) is 0 Å². The molecule has 5 nitrogen and oxygen atoms in total. The number of hydrogen-bond acceptors (Lipinski definition) is 4. The van der Waals surface area contributed by atoms with E-state index >= 15 is 0 Å². The molecular formula is C19H26N4O. The number of anilines is 1. The Morgan fingerprint density at radius 1 is 1.08 bits per heavy atom. The lowest BCUT2D eigenvalue weighted by Gasteiger charge is -2.21. The van der Waals surface area contributed by atoms with E-state index in [-0.39, 0.29) is 6.10 Å². The second-order valence-corrected chi connectivity index (χ2v) is 7.29. The SMILES string of the molecule is CC1CN(c2nnc(-c3ccccc3)n2C[C@H]2CCCO2)CC1C. The Morgan fingerprint density at radius 3 is 2.50 bits per heavy atom. The van der Waals surface area contributed by atoms with E-state index in [1.807, 2.05) is 6.07 Å². The van der Waals surface area contributed by atoms with Gasteiger partial charge in [-0.05, 0) is 24.7 Å². The second-order valence-electron chi connectivity index (χ2n) is 7.29. The van der Waals surface area contributed by atoms with Crippen molar-refractivity contribution in [3.8, 4) is 11.4 Å². The van der Waals surface area contributed by atoms with Crippen LogP contribution in [0.2, 0.25) is 0 Å². The van der Waals surface area contributed by atoms with Gasteiger partial charge < -0.3 is 9.64 Å². The molecule has 2 aromatic rings. The molecule has 0 bridgehead atoms. The van der Waals surface area contributed by atoms with Gasteiger partial charge in [-0.1, -0.05) is 44.2 Å². The maximum atomic E-state index is 5.88. The molecule has 2 saturated heterocycles. The summed E-state index contributed by atoms with van der Waals surface area (Å²) < 4.78 is 8.16. The summed E-state index contributed by atoms with van der Waals surface area (Å²) in [6.07, 6.45) is 2.55. The molecule has 0 saturated carbocycles. The maximum Gasteiger partial charge on any atom is 0.227 e. The third-order valence-electron chi connectivity index (χ3n) is 5.44. The van der Waals surface area contributed by atoms with Crippen LogP contribution in [0.1, 0.15) is 26.7 Å². The first-order chi connectivity index (χ1) is 11.7. The highest BCUT2D eigenvalue weighted by Crippen LogP contribution is 2.30. The Morgan fingerprint density at radius 2 is 1.83 bits per heavy atom. The molecule has 4 rings (SSSR count). The molecule has 2 aliphatic rings. The summed E-state index contributed by atoms with van der Waals surface area (Å²) in [4.78, 5) is 2.39. The zero-order chi connectivity index (χ0) is 16.5. The lowest BCUT2D eigenvalue weighted by molar-refractivity contribution is 0.0975. The van der Waals surface area contributed by atoms with Crippen molar-refractivity contribution < 1.29 is 4.74 Å². The Bertz CT molecular complexity index is 668. The summed E-state index contributed by atoms with van der Waals surface area (Å²) in [7, 11) is 0. The van der Waals surface area contributed by atoms with Crippen molar-refractivity contribution in [3.05, 3.63) is 30.3 Å². The standard InChI is InChI=1S/C19H26N4O/c1-14-11-22(12-15(14)2)19-21-20-18(16-7-4-3-5-8-16)23(19)13-17-9-6-10-24-17/h3-5,7-8,14-15,17H,6,9-13H2,1-2H3/t14?,15?,17-/m1/s1. The Hall–Kier alpha value is -1.88. The minimum absolute atomic E-state index is 0.277. The van der Waals surface area contributed by atoms with Gasteiger partial charge in [0.1, 0.15) is 0 Å². The summed E-state index contributed by atoms with van der Waals surface area (Å²) >= 11 is 0. The van der Waals surface area contributed by atoms with Crippen LogP contribution >= 0.6 is 0 Å². The molecule has 5 heteroatoms. The van der Waals surface area contributed by atoms with Gasteiger partial charge in [0, 0.05) is 25.3 Å². The molecule has 1 aromatic carbocycles. The Balaban J connectivity index is 1.69. The highest BCUT2D eigenvalue weighted by molar-refractivity contribution is 5.57. The number of rotatable bonds is 4. The summed E-state index contributed by atoms with van der Waals surface area (Å²) in [6.45, 7) is 8.47. The van der Waals surface area contributed by atoms with Gasteiger partial charge in [0.25, 0.3) is 0 Å². The van der Waals surface area contributed by atoms with Crippen LogP contribution in [0.3, 0.4) is 0 Å². The van der Waals surface area contributed by atoms with Crippen LogP contribution in [-0.2, 0) is 11.3 Å². The Labute approximate surface area is 143 Å². The van der Waals surface area contributed by atoms with Crippen LogP contribution in [0.5, 0.6) is 0 Å². The highest BCUT2D eigenvalue weighted by atomic mass is 16.5. The van der Waals surface area contributed by atoms with E-state index in [4.69, 9.17) is 4.74 Å². The van der Waals surface area contributed by atoms with Crippen molar-refractivity contribution >= 4 is 5.95 Å². The molecule has 0 radical (unpaired) electrons. The van der Waals surface area contributed by atoms with Crippen molar-refractivity contribution in [2.24, 2.45) is 11.8 Å². The molecule has 2 fully saturated rings. The van der Waals surface area contributed by atoms with E-state index in [2.05, 4.69) is 57.8 Å². The van der Waals surface area contributed by atoms with Crippen LogP contribution in [0.15, 0.2) is 30.3 Å². The summed E-state index contributed by atoms with van der Waals surface area (Å²) in [5, 5.41) is 9.11. The lowest BCUT2D eigenvalue weighted by atomic mass is 10.0. The van der Waals surface area contributed by atoms with Crippen molar-refractivity contribution in [3.63, 3.8) is 0 Å². The topological polar surface area (TPSA) is 43.2 Å². The van der Waals surface area contributed by atoms with E-state index < -0.39 is 0 Å². The van der Waals surface area contributed by atoms with Gasteiger partial charge in [-0.15, -0.1) is 10.2 Å². The van der Waals surface area contributed by atoms with Crippen LogP contribution in [0.25, 0.3) is 11.4 Å². The minimum atomic E-state index is 0.277. The molecule has 2 aliphatic heterocycles. The van der Waals surface area contributed by atoms with Gasteiger partial charge in [0.15, 0.2) is 5.82 Å². The molecule has 0 N–H and O–H groups in total. The molecule has 1 aromatic heterocycles. The van der Waals surface area contributed by atoms with E-state index in [0.29, 0.717) is 11.8 Å². The lowest BCUT2D eigenvalue weighted by Crippen LogP contribution is -2.26. The van der Waals surface area contributed by atoms with Gasteiger partial charge >= 0.3 is 0 Å². The average Bonchev–Trinajstić information content (AvgIpc) is 3.31. The number of benzene rings is 1. The normalized spacial score (nSPS) is 27.1. The predicted octanol–water partition coefficient (Wildman–Crippen LogP) is 3.22. The molecule has 2 unspecified atom stereocenters. The molecule has 0 amide bonds. The summed E-state index contributed by atoms with van der Waals surface area (Å²) in [5.41, 5.74) is 1.12. The molecule has 3 heterocycles. The van der Waals surface area contributed by atoms with Crippen molar-refractivity contribution in [1.82, 2.24) is 14.8 Å². The first-order valence-electron chi connectivity index (χ1n) is 9.07. The number of nitrogens with zero attached hydrogens (tertiary/aromatic N) is 4. The first-order valence-corrected chi connectivity index (χ1v) is 9.07. The molecular weight excluding hydrogens is 300 g/mol. The predicted molar refractivity (Wildman–Crippen MR) is 95.0 cm³/mol. The van der Waals surface area contributed by atoms with Crippen LogP contribution in [0.4, 0.5) is 5.95 Å². The highest BCUT2D eigenvalue weighted by Gasteiger charge is 2.31. The monoisotopic (exact) mass is 326 g/mol. The Kier molecular flexibility index (Phi) is 4.27. The zero-order valence-electron chi connectivity index (χ0n) is 14.6. The van der Waals surface area contributed by atoms with Gasteiger partial charge in [0.05, 0.1) is 12.6 Å². The van der Waals surface area contributed by atoms with E-state index in [9.17, 15) is 0 Å². The summed E-state index contributed by atoms with van der Waals surface area (Å²) in [6, 6.07) is 10.4. The van der Waals surface area contributed by atoms with Crippen molar-refractivity contribution in [1.29, 1.82) is 0 Å². The summed E-state index contributed by atoms with van der Waals surface area (Å²) in [5.74, 6) is 3.34. The fraction of sp³-hybridized carbons (Fsp3) is 0.579. The van der Waals surface area contributed by atoms with Crippen molar-refractivity contribution in [2.75, 3.05) is 24.6 Å². The molecule has 0 spiro atoms. The van der Waals surface area contributed by atoms with E-state index in [0.717, 1.165) is 56.4 Å². The molecule has 0 aliphatic carbocycles. The average molecular weight is 326 g/mol. The molecule has 128 valence electrons. The van der Waals surface area contributed by atoms with Crippen molar-refractivity contribution in [2.45, 2.75) is 39.3 Å².